The van der Waals surface area contributed by atoms with E-state index in [9.17, 15) is 13.2 Å². The lowest BCUT2D eigenvalue weighted by Gasteiger charge is -2.12. The maximum atomic E-state index is 12.7. The van der Waals surface area contributed by atoms with Crippen molar-refractivity contribution < 1.29 is 18.4 Å². The Bertz CT molecular complexity index is 1150. The molecule has 0 saturated carbocycles. The minimum atomic E-state index is -3.75. The first-order chi connectivity index (χ1) is 13.5. The molecular weight excluding hydrogens is 376 g/mol. The predicted octanol–water partition coefficient (Wildman–Crippen LogP) is 3.72. The third kappa shape index (κ3) is 4.64. The highest BCUT2D eigenvalue weighted by atomic mass is 32.2. The Labute approximate surface area is 162 Å². The fourth-order valence-corrected chi connectivity index (χ4v) is 3.73. The van der Waals surface area contributed by atoms with Crippen molar-refractivity contribution in [3.8, 4) is 0 Å². The quantitative estimate of drug-likeness (QED) is 0.257. The molecule has 7 heteroatoms. The van der Waals surface area contributed by atoms with Gasteiger partial charge in [-0.15, -0.1) is 0 Å². The third-order valence-electron chi connectivity index (χ3n) is 3.96. The third-order valence-corrected chi connectivity index (χ3v) is 5.34. The fraction of sp³-hybridized carbons (Fsp3) is 0. The van der Waals surface area contributed by atoms with Crippen molar-refractivity contribution in [2.45, 2.75) is 4.90 Å². The van der Waals surface area contributed by atoms with Crippen LogP contribution in [0.25, 0.3) is 16.8 Å². The maximum Gasteiger partial charge on any atom is 0.267 e. The van der Waals surface area contributed by atoms with Crippen molar-refractivity contribution in [3.05, 3.63) is 90.5 Å². The Morgan fingerprint density at radius 3 is 2.21 bits per heavy atom. The molecule has 0 aliphatic carbocycles. The number of allylic oxidation sites excluding steroid dienone is 2. The summed E-state index contributed by atoms with van der Waals surface area (Å²) in [5.41, 5.74) is 2.54. The van der Waals surface area contributed by atoms with Crippen molar-refractivity contribution >= 4 is 38.5 Å². The van der Waals surface area contributed by atoms with Crippen LogP contribution in [-0.4, -0.2) is 19.5 Å². The molecule has 142 valence electrons. The monoisotopic (exact) mass is 394 g/mol. The highest BCUT2D eigenvalue weighted by molar-refractivity contribution is 7.92. The Hall–Kier alpha value is -3.42. The number of anilines is 1. The molecule has 3 N–H and O–H groups in total. The van der Waals surface area contributed by atoms with Gasteiger partial charge in [0.2, 0.25) is 0 Å². The lowest BCUT2D eigenvalue weighted by atomic mass is 10.0. The van der Waals surface area contributed by atoms with Crippen LogP contribution >= 0.6 is 0 Å². The molecule has 28 heavy (non-hydrogen) atoms. The first kappa shape index (κ1) is 19.3. The van der Waals surface area contributed by atoms with Gasteiger partial charge < -0.3 is 0 Å². The number of rotatable bonds is 6. The molecule has 0 unspecified atom stereocenters. The molecule has 0 aliphatic rings. The summed E-state index contributed by atoms with van der Waals surface area (Å²) in [6.07, 6.45) is 5.84. The SMILES string of the molecule is O=C(/C=C/C=C/c1cc2ccccc2cc1NS(=O)(=O)c1ccccc1)NO. The predicted molar refractivity (Wildman–Crippen MR) is 109 cm³/mol. The van der Waals surface area contributed by atoms with Gasteiger partial charge in [0.05, 0.1) is 10.6 Å². The van der Waals surface area contributed by atoms with E-state index in [1.165, 1.54) is 23.7 Å². The normalized spacial score (nSPS) is 11.9. The van der Waals surface area contributed by atoms with Gasteiger partial charge in [0.25, 0.3) is 15.9 Å². The largest absolute Gasteiger partial charge is 0.288 e. The zero-order valence-electron chi connectivity index (χ0n) is 14.7. The number of nitrogens with one attached hydrogen (secondary N) is 2. The number of sulfonamides is 1. The van der Waals surface area contributed by atoms with E-state index in [2.05, 4.69) is 4.72 Å². The van der Waals surface area contributed by atoms with Crippen LogP contribution in [0.4, 0.5) is 5.69 Å². The Balaban J connectivity index is 2.01. The zero-order chi connectivity index (χ0) is 20.0. The molecule has 3 rings (SSSR count). The molecule has 6 nitrogen and oxygen atoms in total. The van der Waals surface area contributed by atoms with Gasteiger partial charge in [0, 0.05) is 6.08 Å². The van der Waals surface area contributed by atoms with E-state index in [0.717, 1.165) is 16.8 Å². The van der Waals surface area contributed by atoms with Crippen molar-refractivity contribution in [1.82, 2.24) is 5.48 Å². The van der Waals surface area contributed by atoms with Gasteiger partial charge in [0.15, 0.2) is 0 Å². The highest BCUT2D eigenvalue weighted by Gasteiger charge is 2.15. The van der Waals surface area contributed by atoms with Crippen LogP contribution in [0.1, 0.15) is 5.56 Å². The smallest absolute Gasteiger partial charge is 0.267 e. The van der Waals surface area contributed by atoms with E-state index in [4.69, 9.17) is 5.21 Å². The van der Waals surface area contributed by atoms with Gasteiger partial charge >= 0.3 is 0 Å². The van der Waals surface area contributed by atoms with E-state index in [-0.39, 0.29) is 4.90 Å². The molecule has 0 spiro atoms. The summed E-state index contributed by atoms with van der Waals surface area (Å²) in [4.78, 5) is 11.2. The average Bonchev–Trinajstić information content (AvgIpc) is 2.71. The molecule has 0 bridgehead atoms. The molecule has 3 aromatic carbocycles. The number of fused-ring (bicyclic) bond motifs is 1. The van der Waals surface area contributed by atoms with Crippen molar-refractivity contribution in [1.29, 1.82) is 0 Å². The first-order valence-corrected chi connectivity index (χ1v) is 9.87. The van der Waals surface area contributed by atoms with Gasteiger partial charge in [-0.25, -0.2) is 13.9 Å². The molecular formula is C21H18N2O4S. The van der Waals surface area contributed by atoms with Crippen LogP contribution in [0, 0.1) is 0 Å². The molecule has 0 heterocycles. The Morgan fingerprint density at radius 1 is 0.893 bits per heavy atom. The van der Waals surface area contributed by atoms with Crippen molar-refractivity contribution in [2.24, 2.45) is 0 Å². The number of carbonyl (C=O) groups excluding carboxylic acids is 1. The fourth-order valence-electron chi connectivity index (χ4n) is 2.63. The number of hydroxylamine groups is 1. The lowest BCUT2D eigenvalue weighted by Crippen LogP contribution is -2.14. The summed E-state index contributed by atoms with van der Waals surface area (Å²) in [5, 5.41) is 10.3. The molecule has 0 atom stereocenters. The molecule has 0 aliphatic heterocycles. The number of benzene rings is 3. The number of amides is 1. The van der Waals surface area contributed by atoms with Gasteiger partial charge in [-0.05, 0) is 40.6 Å². The second-order valence-corrected chi connectivity index (χ2v) is 7.58. The van der Waals surface area contributed by atoms with Crippen LogP contribution in [0.2, 0.25) is 0 Å². The number of carbonyl (C=O) groups is 1. The average molecular weight is 394 g/mol. The number of hydrogen-bond donors (Lipinski definition) is 3. The summed E-state index contributed by atoms with van der Waals surface area (Å²) >= 11 is 0. The van der Waals surface area contributed by atoms with Crippen molar-refractivity contribution in [3.63, 3.8) is 0 Å². The Kier molecular flexibility index (Phi) is 5.88. The minimum Gasteiger partial charge on any atom is -0.288 e. The molecule has 0 fully saturated rings. The van der Waals surface area contributed by atoms with Gasteiger partial charge in [-0.1, -0.05) is 60.7 Å². The highest BCUT2D eigenvalue weighted by Crippen LogP contribution is 2.27. The van der Waals surface area contributed by atoms with Crippen LogP contribution in [0.15, 0.2) is 89.9 Å². The summed E-state index contributed by atoms with van der Waals surface area (Å²) < 4.78 is 28.1. The second-order valence-electron chi connectivity index (χ2n) is 5.90. The summed E-state index contributed by atoms with van der Waals surface area (Å²) in [6, 6.07) is 19.3. The Morgan fingerprint density at radius 2 is 1.54 bits per heavy atom. The van der Waals surface area contributed by atoms with Gasteiger partial charge in [-0.3, -0.25) is 14.7 Å². The zero-order valence-corrected chi connectivity index (χ0v) is 15.6. The first-order valence-electron chi connectivity index (χ1n) is 8.39. The maximum absolute atomic E-state index is 12.7. The van der Waals surface area contributed by atoms with E-state index < -0.39 is 15.9 Å². The van der Waals surface area contributed by atoms with E-state index in [0.29, 0.717) is 11.3 Å². The molecule has 0 aromatic heterocycles. The van der Waals surface area contributed by atoms with Crippen molar-refractivity contribution in [2.75, 3.05) is 4.72 Å². The topological polar surface area (TPSA) is 95.5 Å². The van der Waals surface area contributed by atoms with Gasteiger partial charge in [0.1, 0.15) is 0 Å². The van der Waals surface area contributed by atoms with Crippen LogP contribution in [0.5, 0.6) is 0 Å². The van der Waals surface area contributed by atoms with Crippen LogP contribution in [0.3, 0.4) is 0 Å². The van der Waals surface area contributed by atoms with Crippen LogP contribution in [-0.2, 0) is 14.8 Å². The lowest BCUT2D eigenvalue weighted by molar-refractivity contribution is -0.124. The van der Waals surface area contributed by atoms with E-state index in [1.54, 1.807) is 36.4 Å². The van der Waals surface area contributed by atoms with E-state index >= 15 is 0 Å². The molecule has 0 radical (unpaired) electrons. The molecule has 0 saturated heterocycles. The van der Waals surface area contributed by atoms with Gasteiger partial charge in [-0.2, -0.15) is 0 Å². The second kappa shape index (κ2) is 8.51. The minimum absolute atomic E-state index is 0.164. The summed E-state index contributed by atoms with van der Waals surface area (Å²) in [6.45, 7) is 0. The summed E-state index contributed by atoms with van der Waals surface area (Å²) in [5.74, 6) is -0.659. The molecule has 3 aromatic rings. The standard InChI is InChI=1S/C21H18N2O4S/c24-21(22-25)13-7-6-10-18-14-16-8-4-5-9-17(16)15-20(18)23-28(26,27)19-11-2-1-3-12-19/h1-15,23,25H,(H,22,24)/b10-6+,13-7+. The van der Waals surface area contributed by atoms with E-state index in [1.807, 2.05) is 30.3 Å². The number of hydrogen-bond acceptors (Lipinski definition) is 4. The molecule has 1 amide bonds. The van der Waals surface area contributed by atoms with Crippen LogP contribution < -0.4 is 10.2 Å². The summed E-state index contributed by atoms with van der Waals surface area (Å²) in [7, 11) is -3.75.